The van der Waals surface area contributed by atoms with Crippen LogP contribution in [0, 0.1) is 0 Å². The van der Waals surface area contributed by atoms with Gasteiger partial charge in [0.1, 0.15) is 5.15 Å². The van der Waals surface area contributed by atoms with Gasteiger partial charge in [-0.05, 0) is 22.0 Å². The second kappa shape index (κ2) is 5.85. The van der Waals surface area contributed by atoms with Gasteiger partial charge in [0.25, 0.3) is 5.91 Å². The molecule has 0 saturated heterocycles. The van der Waals surface area contributed by atoms with Gasteiger partial charge in [-0.3, -0.25) is 4.79 Å². The molecule has 0 saturated carbocycles. The minimum absolute atomic E-state index is 0.0829. The third-order valence-corrected chi connectivity index (χ3v) is 2.62. The molecular formula is C9H7BrClF3N2O2. The van der Waals surface area contributed by atoms with Gasteiger partial charge in [-0.15, -0.1) is 0 Å². The van der Waals surface area contributed by atoms with Crippen LogP contribution in [0.3, 0.4) is 0 Å². The van der Waals surface area contributed by atoms with Crippen molar-refractivity contribution >= 4 is 33.4 Å². The van der Waals surface area contributed by atoms with Crippen molar-refractivity contribution in [3.05, 3.63) is 27.5 Å². The second-order valence-electron chi connectivity index (χ2n) is 3.26. The van der Waals surface area contributed by atoms with E-state index in [1.165, 1.54) is 12.3 Å². The number of alkyl halides is 3. The quantitative estimate of drug-likeness (QED) is 0.824. The van der Waals surface area contributed by atoms with Gasteiger partial charge in [0.05, 0.1) is 12.1 Å². The minimum Gasteiger partial charge on any atom is -0.382 e. The van der Waals surface area contributed by atoms with Crippen molar-refractivity contribution in [2.75, 3.05) is 6.54 Å². The summed E-state index contributed by atoms with van der Waals surface area (Å²) in [7, 11) is 0. The van der Waals surface area contributed by atoms with Gasteiger partial charge in [-0.1, -0.05) is 11.6 Å². The molecule has 1 amide bonds. The lowest BCUT2D eigenvalue weighted by atomic mass is 10.2. The monoisotopic (exact) mass is 346 g/mol. The van der Waals surface area contributed by atoms with Crippen molar-refractivity contribution in [3.8, 4) is 0 Å². The zero-order valence-electron chi connectivity index (χ0n) is 8.63. The molecule has 1 aromatic heterocycles. The number of hydrogen-bond donors (Lipinski definition) is 2. The van der Waals surface area contributed by atoms with E-state index in [9.17, 15) is 18.0 Å². The lowest BCUT2D eigenvalue weighted by molar-refractivity contribution is -0.201. The zero-order chi connectivity index (χ0) is 13.9. The number of pyridine rings is 1. The van der Waals surface area contributed by atoms with Crippen LogP contribution >= 0.6 is 27.5 Å². The highest BCUT2D eigenvalue weighted by Gasteiger charge is 2.38. The first-order valence-electron chi connectivity index (χ1n) is 4.56. The zero-order valence-corrected chi connectivity index (χ0v) is 11.0. The average molecular weight is 348 g/mol. The molecule has 2 N–H and O–H groups in total. The SMILES string of the molecule is O=C(NCC(O)C(F)(F)F)c1cc(Br)cnc1Cl. The van der Waals surface area contributed by atoms with Gasteiger partial charge in [0, 0.05) is 10.7 Å². The number of aromatic nitrogens is 1. The summed E-state index contributed by atoms with van der Waals surface area (Å²) in [5, 5.41) is 10.5. The summed E-state index contributed by atoms with van der Waals surface area (Å²) in [4.78, 5) is 15.2. The van der Waals surface area contributed by atoms with E-state index >= 15 is 0 Å². The standard InChI is InChI=1S/C9H7BrClF3N2O2/c10-4-1-5(7(11)15-2-4)8(18)16-3-6(17)9(12,13)14/h1-2,6,17H,3H2,(H,16,18). The maximum Gasteiger partial charge on any atom is 0.416 e. The molecule has 0 aliphatic carbocycles. The summed E-state index contributed by atoms with van der Waals surface area (Å²) in [6.07, 6.45) is -6.07. The van der Waals surface area contributed by atoms with Crippen molar-refractivity contribution in [1.82, 2.24) is 10.3 Å². The molecule has 1 atom stereocenters. The third kappa shape index (κ3) is 4.11. The fraction of sp³-hybridized carbons (Fsp3) is 0.333. The van der Waals surface area contributed by atoms with E-state index in [0.29, 0.717) is 4.47 Å². The van der Waals surface area contributed by atoms with Crippen molar-refractivity contribution < 1.29 is 23.1 Å². The fourth-order valence-electron chi connectivity index (χ4n) is 0.982. The topological polar surface area (TPSA) is 62.2 Å². The van der Waals surface area contributed by atoms with Crippen LogP contribution < -0.4 is 5.32 Å². The second-order valence-corrected chi connectivity index (χ2v) is 4.53. The first-order valence-corrected chi connectivity index (χ1v) is 5.73. The van der Waals surface area contributed by atoms with Crippen LogP contribution in [0.5, 0.6) is 0 Å². The van der Waals surface area contributed by atoms with Crippen LogP contribution in [0.1, 0.15) is 10.4 Å². The number of halogens is 5. The molecule has 0 aliphatic rings. The summed E-state index contributed by atoms with van der Waals surface area (Å²) in [5.74, 6) is -0.850. The Kier molecular flexibility index (Phi) is 4.94. The molecule has 1 unspecified atom stereocenters. The first-order chi connectivity index (χ1) is 8.21. The highest BCUT2D eigenvalue weighted by atomic mass is 79.9. The number of aliphatic hydroxyl groups excluding tert-OH is 1. The molecule has 1 heterocycles. The van der Waals surface area contributed by atoms with Crippen molar-refractivity contribution in [2.24, 2.45) is 0 Å². The van der Waals surface area contributed by atoms with Crippen LogP contribution in [-0.4, -0.2) is 34.8 Å². The maximum atomic E-state index is 12.0. The number of nitrogens with zero attached hydrogens (tertiary/aromatic N) is 1. The number of amides is 1. The molecule has 0 bridgehead atoms. The third-order valence-electron chi connectivity index (χ3n) is 1.88. The highest BCUT2D eigenvalue weighted by molar-refractivity contribution is 9.10. The predicted octanol–water partition coefficient (Wildman–Crippen LogP) is 2.15. The van der Waals surface area contributed by atoms with Gasteiger partial charge in [-0.25, -0.2) is 4.98 Å². The van der Waals surface area contributed by atoms with E-state index in [1.807, 2.05) is 5.32 Å². The van der Waals surface area contributed by atoms with Crippen molar-refractivity contribution in [1.29, 1.82) is 0 Å². The molecule has 4 nitrogen and oxygen atoms in total. The summed E-state index contributed by atoms with van der Waals surface area (Å²) >= 11 is 8.66. The normalized spacial score (nSPS) is 13.2. The molecular weight excluding hydrogens is 340 g/mol. The van der Waals surface area contributed by atoms with E-state index in [4.69, 9.17) is 16.7 Å². The fourth-order valence-corrected chi connectivity index (χ4v) is 1.50. The maximum absolute atomic E-state index is 12.0. The Morgan fingerprint density at radius 3 is 2.78 bits per heavy atom. The Bertz CT molecular complexity index is 456. The molecule has 9 heteroatoms. The molecule has 0 aromatic carbocycles. The minimum atomic E-state index is -4.79. The summed E-state index contributed by atoms with van der Waals surface area (Å²) < 4.78 is 36.4. The van der Waals surface area contributed by atoms with Crippen LogP contribution in [0.4, 0.5) is 13.2 Å². The Morgan fingerprint density at radius 2 is 2.22 bits per heavy atom. The number of carbonyl (C=O) groups excluding carboxylic acids is 1. The predicted molar refractivity (Wildman–Crippen MR) is 61.3 cm³/mol. The lowest BCUT2D eigenvalue weighted by Gasteiger charge is -2.15. The van der Waals surface area contributed by atoms with Gasteiger partial charge < -0.3 is 10.4 Å². The van der Waals surface area contributed by atoms with E-state index < -0.39 is 24.7 Å². The van der Waals surface area contributed by atoms with Crippen LogP contribution in [0.2, 0.25) is 5.15 Å². The lowest BCUT2D eigenvalue weighted by Crippen LogP contribution is -2.40. The van der Waals surface area contributed by atoms with Crippen molar-refractivity contribution in [3.63, 3.8) is 0 Å². The first kappa shape index (κ1) is 15.2. The Labute approximate surface area is 113 Å². The highest BCUT2D eigenvalue weighted by Crippen LogP contribution is 2.20. The Hall–Kier alpha value is -0.860. The van der Waals surface area contributed by atoms with Crippen LogP contribution in [-0.2, 0) is 0 Å². The molecule has 18 heavy (non-hydrogen) atoms. The van der Waals surface area contributed by atoms with E-state index in [2.05, 4.69) is 20.9 Å². The number of nitrogens with one attached hydrogen (secondary N) is 1. The summed E-state index contributed by atoms with van der Waals surface area (Å²) in [6, 6.07) is 1.31. The van der Waals surface area contributed by atoms with Crippen molar-refractivity contribution in [2.45, 2.75) is 12.3 Å². The smallest absolute Gasteiger partial charge is 0.382 e. The Morgan fingerprint density at radius 1 is 1.61 bits per heavy atom. The molecule has 1 aromatic rings. The molecule has 0 aliphatic heterocycles. The Balaban J connectivity index is 2.69. The van der Waals surface area contributed by atoms with E-state index in [1.54, 1.807) is 0 Å². The van der Waals surface area contributed by atoms with E-state index in [-0.39, 0.29) is 10.7 Å². The summed E-state index contributed by atoms with van der Waals surface area (Å²) in [6.45, 7) is -0.953. The van der Waals surface area contributed by atoms with Gasteiger partial charge in [-0.2, -0.15) is 13.2 Å². The number of rotatable bonds is 3. The number of aliphatic hydroxyl groups is 1. The van der Waals surface area contributed by atoms with Crippen LogP contribution in [0.15, 0.2) is 16.7 Å². The van der Waals surface area contributed by atoms with Gasteiger partial charge in [0.15, 0.2) is 6.10 Å². The molecule has 0 fully saturated rings. The molecule has 1 rings (SSSR count). The molecule has 0 spiro atoms. The van der Waals surface area contributed by atoms with Gasteiger partial charge >= 0.3 is 6.18 Å². The molecule has 0 radical (unpaired) electrons. The largest absolute Gasteiger partial charge is 0.416 e. The molecule has 100 valence electrons. The number of hydrogen-bond acceptors (Lipinski definition) is 3. The number of carbonyl (C=O) groups is 1. The van der Waals surface area contributed by atoms with Gasteiger partial charge in [0.2, 0.25) is 0 Å². The summed E-state index contributed by atoms with van der Waals surface area (Å²) in [5.41, 5.74) is -0.0829. The average Bonchev–Trinajstić information content (AvgIpc) is 2.27. The van der Waals surface area contributed by atoms with Crippen LogP contribution in [0.25, 0.3) is 0 Å². The van der Waals surface area contributed by atoms with E-state index in [0.717, 1.165) is 0 Å².